The third-order valence-corrected chi connectivity index (χ3v) is 3.97. The summed E-state index contributed by atoms with van der Waals surface area (Å²) in [5, 5.41) is 6.29. The fourth-order valence-corrected chi connectivity index (χ4v) is 2.83. The fraction of sp³-hybridized carbons (Fsp3) is 0.923. The first kappa shape index (κ1) is 11.9. The van der Waals surface area contributed by atoms with E-state index in [-0.39, 0.29) is 5.91 Å². The van der Waals surface area contributed by atoms with Gasteiger partial charge in [0, 0.05) is 32.0 Å². The zero-order valence-corrected chi connectivity index (χ0v) is 10.3. The molecular formula is C13H24N2O. The summed E-state index contributed by atoms with van der Waals surface area (Å²) in [6.07, 6.45) is 5.92. The zero-order chi connectivity index (χ0) is 11.4. The second-order valence-corrected chi connectivity index (χ2v) is 5.67. The molecule has 3 heteroatoms. The molecule has 2 atom stereocenters. The molecular weight excluding hydrogens is 200 g/mol. The lowest BCUT2D eigenvalue weighted by atomic mass is 9.81. The van der Waals surface area contributed by atoms with E-state index >= 15 is 0 Å². The SMILES string of the molecule is CC1CCCC(CC(=O)NCC2CNC2)C1. The molecule has 0 spiro atoms. The van der Waals surface area contributed by atoms with Crippen molar-refractivity contribution in [1.82, 2.24) is 10.6 Å². The van der Waals surface area contributed by atoms with Gasteiger partial charge in [-0.1, -0.05) is 19.8 Å². The highest BCUT2D eigenvalue weighted by Crippen LogP contribution is 2.30. The molecule has 2 unspecified atom stereocenters. The first-order valence-corrected chi connectivity index (χ1v) is 6.71. The van der Waals surface area contributed by atoms with Crippen LogP contribution in [-0.2, 0) is 4.79 Å². The van der Waals surface area contributed by atoms with Gasteiger partial charge in [-0.05, 0) is 24.7 Å². The van der Waals surface area contributed by atoms with Crippen LogP contribution < -0.4 is 10.6 Å². The van der Waals surface area contributed by atoms with E-state index < -0.39 is 0 Å². The van der Waals surface area contributed by atoms with Gasteiger partial charge >= 0.3 is 0 Å². The van der Waals surface area contributed by atoms with E-state index in [1.54, 1.807) is 0 Å². The summed E-state index contributed by atoms with van der Waals surface area (Å²) in [5.74, 6) is 2.41. The van der Waals surface area contributed by atoms with Gasteiger partial charge in [-0.2, -0.15) is 0 Å². The van der Waals surface area contributed by atoms with Gasteiger partial charge in [0.2, 0.25) is 5.91 Å². The van der Waals surface area contributed by atoms with Crippen LogP contribution in [0.3, 0.4) is 0 Å². The van der Waals surface area contributed by atoms with Crippen LogP contribution in [0.1, 0.15) is 39.0 Å². The van der Waals surface area contributed by atoms with Crippen molar-refractivity contribution in [2.45, 2.75) is 39.0 Å². The van der Waals surface area contributed by atoms with Crippen LogP contribution in [0.5, 0.6) is 0 Å². The van der Waals surface area contributed by atoms with Gasteiger partial charge < -0.3 is 10.6 Å². The minimum atomic E-state index is 0.269. The highest BCUT2D eigenvalue weighted by molar-refractivity contribution is 5.76. The molecule has 1 saturated carbocycles. The summed E-state index contributed by atoms with van der Waals surface area (Å²) in [4.78, 5) is 11.7. The Balaban J connectivity index is 1.61. The monoisotopic (exact) mass is 224 g/mol. The van der Waals surface area contributed by atoms with Gasteiger partial charge in [-0.3, -0.25) is 4.79 Å². The van der Waals surface area contributed by atoms with Crippen molar-refractivity contribution in [3.8, 4) is 0 Å². The minimum absolute atomic E-state index is 0.269. The average Bonchev–Trinajstić information content (AvgIpc) is 2.15. The van der Waals surface area contributed by atoms with Crippen LogP contribution >= 0.6 is 0 Å². The van der Waals surface area contributed by atoms with Crippen LogP contribution in [0.2, 0.25) is 0 Å². The Hall–Kier alpha value is -0.570. The smallest absolute Gasteiger partial charge is 0.220 e. The van der Waals surface area contributed by atoms with E-state index in [0.29, 0.717) is 11.8 Å². The Kier molecular flexibility index (Phi) is 4.22. The highest BCUT2D eigenvalue weighted by Gasteiger charge is 2.22. The van der Waals surface area contributed by atoms with E-state index in [1.807, 2.05) is 0 Å². The van der Waals surface area contributed by atoms with Crippen LogP contribution in [0.4, 0.5) is 0 Å². The van der Waals surface area contributed by atoms with Crippen molar-refractivity contribution in [1.29, 1.82) is 0 Å². The molecule has 0 aromatic rings. The summed E-state index contributed by atoms with van der Waals surface area (Å²) in [6.45, 7) is 5.32. The second-order valence-electron chi connectivity index (χ2n) is 5.67. The van der Waals surface area contributed by atoms with E-state index in [0.717, 1.165) is 32.0 Å². The second kappa shape index (κ2) is 5.67. The Morgan fingerprint density at radius 3 is 2.75 bits per heavy atom. The molecule has 0 bridgehead atoms. The number of nitrogens with one attached hydrogen (secondary N) is 2. The lowest BCUT2D eigenvalue weighted by Gasteiger charge is -2.28. The number of hydrogen-bond acceptors (Lipinski definition) is 2. The Morgan fingerprint density at radius 2 is 2.12 bits per heavy atom. The molecule has 16 heavy (non-hydrogen) atoms. The number of carbonyl (C=O) groups excluding carboxylic acids is 1. The van der Waals surface area contributed by atoms with Crippen LogP contribution in [0.25, 0.3) is 0 Å². The number of amides is 1. The van der Waals surface area contributed by atoms with Gasteiger partial charge in [0.05, 0.1) is 0 Å². The molecule has 1 aliphatic carbocycles. The molecule has 1 amide bonds. The predicted molar refractivity (Wildman–Crippen MR) is 65.1 cm³/mol. The quantitative estimate of drug-likeness (QED) is 0.760. The summed E-state index contributed by atoms with van der Waals surface area (Å²) in [6, 6.07) is 0. The maximum absolute atomic E-state index is 11.7. The van der Waals surface area contributed by atoms with Crippen LogP contribution in [0.15, 0.2) is 0 Å². The molecule has 0 aromatic heterocycles. The Bertz CT molecular complexity index is 238. The molecule has 1 heterocycles. The van der Waals surface area contributed by atoms with Crippen molar-refractivity contribution in [3.05, 3.63) is 0 Å². The van der Waals surface area contributed by atoms with Gasteiger partial charge in [-0.15, -0.1) is 0 Å². The molecule has 92 valence electrons. The highest BCUT2D eigenvalue weighted by atomic mass is 16.1. The maximum atomic E-state index is 11.7. The third-order valence-electron chi connectivity index (χ3n) is 3.97. The predicted octanol–water partition coefficient (Wildman–Crippen LogP) is 1.54. The Labute approximate surface area is 98.4 Å². The van der Waals surface area contributed by atoms with Crippen molar-refractivity contribution < 1.29 is 4.79 Å². The molecule has 3 nitrogen and oxygen atoms in total. The molecule has 1 aliphatic heterocycles. The topological polar surface area (TPSA) is 41.1 Å². The van der Waals surface area contributed by atoms with E-state index in [2.05, 4.69) is 17.6 Å². The van der Waals surface area contributed by atoms with Gasteiger partial charge in [-0.25, -0.2) is 0 Å². The summed E-state index contributed by atoms with van der Waals surface area (Å²) in [7, 11) is 0. The first-order chi connectivity index (χ1) is 7.74. The first-order valence-electron chi connectivity index (χ1n) is 6.71. The molecule has 2 rings (SSSR count). The molecule has 2 N–H and O–H groups in total. The van der Waals surface area contributed by atoms with E-state index in [1.165, 1.54) is 25.7 Å². The van der Waals surface area contributed by atoms with Gasteiger partial charge in [0.25, 0.3) is 0 Å². The normalized spacial score (nSPS) is 30.8. The molecule has 2 fully saturated rings. The summed E-state index contributed by atoms with van der Waals surface area (Å²) >= 11 is 0. The molecule has 2 aliphatic rings. The third kappa shape index (κ3) is 3.48. The van der Waals surface area contributed by atoms with Crippen LogP contribution in [0, 0.1) is 17.8 Å². The van der Waals surface area contributed by atoms with Crippen molar-refractivity contribution >= 4 is 5.91 Å². The molecule has 0 radical (unpaired) electrons. The zero-order valence-electron chi connectivity index (χ0n) is 10.3. The average molecular weight is 224 g/mol. The lowest BCUT2D eigenvalue weighted by Crippen LogP contribution is -2.48. The summed E-state index contributed by atoms with van der Waals surface area (Å²) < 4.78 is 0. The standard InChI is InChI=1S/C13H24N2O/c1-10-3-2-4-11(5-10)6-13(16)15-9-12-7-14-8-12/h10-12,14H,2-9H2,1H3,(H,15,16). The number of carbonyl (C=O) groups is 1. The fourth-order valence-electron chi connectivity index (χ4n) is 2.83. The largest absolute Gasteiger partial charge is 0.356 e. The van der Waals surface area contributed by atoms with Gasteiger partial charge in [0.15, 0.2) is 0 Å². The van der Waals surface area contributed by atoms with Gasteiger partial charge in [0.1, 0.15) is 0 Å². The maximum Gasteiger partial charge on any atom is 0.220 e. The number of hydrogen-bond donors (Lipinski definition) is 2. The summed E-state index contributed by atoms with van der Waals surface area (Å²) in [5.41, 5.74) is 0. The van der Waals surface area contributed by atoms with Crippen molar-refractivity contribution in [3.63, 3.8) is 0 Å². The van der Waals surface area contributed by atoms with Crippen molar-refractivity contribution in [2.24, 2.45) is 17.8 Å². The number of rotatable bonds is 4. The molecule has 1 saturated heterocycles. The van der Waals surface area contributed by atoms with Crippen LogP contribution in [-0.4, -0.2) is 25.5 Å². The minimum Gasteiger partial charge on any atom is -0.356 e. The van der Waals surface area contributed by atoms with Crippen molar-refractivity contribution in [2.75, 3.05) is 19.6 Å². The van der Waals surface area contributed by atoms with E-state index in [4.69, 9.17) is 0 Å². The lowest BCUT2D eigenvalue weighted by molar-refractivity contribution is -0.122. The Morgan fingerprint density at radius 1 is 1.31 bits per heavy atom. The van der Waals surface area contributed by atoms with E-state index in [9.17, 15) is 4.79 Å². The molecule has 0 aromatic carbocycles.